The number of likely N-dealkylation sites (tertiary alicyclic amines) is 1. The van der Waals surface area contributed by atoms with Gasteiger partial charge in [0.2, 0.25) is 5.88 Å². The van der Waals surface area contributed by atoms with Gasteiger partial charge in [-0.3, -0.25) is 10.2 Å². The van der Waals surface area contributed by atoms with Gasteiger partial charge in [0, 0.05) is 13.7 Å². The lowest BCUT2D eigenvalue weighted by Crippen LogP contribution is -2.32. The summed E-state index contributed by atoms with van der Waals surface area (Å²) in [7, 11) is 1.60. The van der Waals surface area contributed by atoms with Gasteiger partial charge in [0.05, 0.1) is 24.4 Å². The number of anilines is 1. The minimum Gasteiger partial charge on any atom is -0.474 e. The first-order valence-electron chi connectivity index (χ1n) is 11.8. The van der Waals surface area contributed by atoms with Crippen LogP contribution in [-0.2, 0) is 4.74 Å². The van der Waals surface area contributed by atoms with Crippen LogP contribution in [0, 0.1) is 6.92 Å². The van der Waals surface area contributed by atoms with Crippen molar-refractivity contribution in [2.75, 3.05) is 45.3 Å². The molecule has 3 N–H and O–H groups in total. The molecule has 200 valence electrons. The maximum Gasteiger partial charge on any atom is 0.401 e. The first kappa shape index (κ1) is 28.0. The Morgan fingerprint density at radius 1 is 1.11 bits per heavy atom. The predicted molar refractivity (Wildman–Crippen MR) is 135 cm³/mol. The lowest BCUT2D eigenvalue weighted by atomic mass is 9.99. The molecule has 4 rings (SSSR count). The summed E-state index contributed by atoms with van der Waals surface area (Å²) in [5.41, 5.74) is 7.86. The molecular weight excluding hydrogens is 487 g/mol. The van der Waals surface area contributed by atoms with Gasteiger partial charge >= 0.3 is 12.2 Å². The molecule has 0 unspecified atom stereocenters. The van der Waals surface area contributed by atoms with Crippen LogP contribution in [0.3, 0.4) is 0 Å². The van der Waals surface area contributed by atoms with E-state index in [1.165, 1.54) is 4.90 Å². The summed E-state index contributed by atoms with van der Waals surface area (Å²) in [6.07, 6.45) is -3.26. The number of hydrogen-bond acceptors (Lipinski definition) is 5. The number of ether oxygens (including phenoxy) is 2. The van der Waals surface area contributed by atoms with Gasteiger partial charge < -0.3 is 15.2 Å². The van der Waals surface area contributed by atoms with Gasteiger partial charge in [-0.05, 0) is 43.5 Å². The van der Waals surface area contributed by atoms with Crippen LogP contribution in [0.2, 0.25) is 0 Å². The molecule has 2 amide bonds. The highest BCUT2D eigenvalue weighted by Crippen LogP contribution is 2.30. The standard InChI is InChI=1S/C14H18N4O3.C12H14F3N/c1-10-12(16-14(15)19)18(11-6-4-3-5-7-11)17-13(10)21-9-8-20-2;13-12(14,15)9-16-7-6-11(8-16)10-4-2-1-3-5-10/h3-7H,8-9H2,1-2H3,(H3,15,16,19);1-5,11H,6-9H2/t;11-/m.0/s1. The monoisotopic (exact) mass is 519 g/mol. The van der Waals surface area contributed by atoms with E-state index < -0.39 is 18.8 Å². The molecule has 1 fully saturated rings. The molecule has 1 aromatic heterocycles. The van der Waals surface area contributed by atoms with E-state index in [2.05, 4.69) is 10.4 Å². The fraction of sp³-hybridized carbons (Fsp3) is 0.385. The predicted octanol–water partition coefficient (Wildman–Crippen LogP) is 4.73. The van der Waals surface area contributed by atoms with Gasteiger partial charge in [-0.25, -0.2) is 9.48 Å². The maximum absolute atomic E-state index is 12.2. The molecule has 37 heavy (non-hydrogen) atoms. The molecule has 8 nitrogen and oxygen atoms in total. The van der Waals surface area contributed by atoms with E-state index >= 15 is 0 Å². The number of amides is 2. The van der Waals surface area contributed by atoms with Crippen molar-refractivity contribution < 1.29 is 27.4 Å². The number of hydrogen-bond donors (Lipinski definition) is 2. The molecule has 0 spiro atoms. The molecule has 2 heterocycles. The van der Waals surface area contributed by atoms with Gasteiger partial charge in [0.1, 0.15) is 12.4 Å². The fourth-order valence-corrected chi connectivity index (χ4v) is 4.08. The van der Waals surface area contributed by atoms with Crippen LogP contribution in [0.1, 0.15) is 23.5 Å². The Labute approximate surface area is 214 Å². The minimum atomic E-state index is -4.08. The number of nitrogens with one attached hydrogen (secondary N) is 1. The summed E-state index contributed by atoms with van der Waals surface area (Å²) < 4.78 is 48.7. The third-order valence-electron chi connectivity index (χ3n) is 5.79. The normalized spacial score (nSPS) is 15.6. The van der Waals surface area contributed by atoms with E-state index in [4.69, 9.17) is 15.2 Å². The SMILES string of the molecule is COCCOc1nn(-c2ccccc2)c(NC(N)=O)c1C.FC(F)(F)CN1CC[C@H](c2ccccc2)C1. The molecule has 0 radical (unpaired) electrons. The first-order valence-corrected chi connectivity index (χ1v) is 11.8. The molecule has 11 heteroatoms. The van der Waals surface area contributed by atoms with Crippen molar-refractivity contribution in [1.29, 1.82) is 0 Å². The van der Waals surface area contributed by atoms with E-state index in [-0.39, 0.29) is 5.92 Å². The van der Waals surface area contributed by atoms with Crippen LogP contribution >= 0.6 is 0 Å². The average Bonchev–Trinajstić information content (AvgIpc) is 3.44. The van der Waals surface area contributed by atoms with Crippen molar-refractivity contribution in [3.05, 3.63) is 71.8 Å². The molecule has 3 aromatic rings. The largest absolute Gasteiger partial charge is 0.474 e. The third kappa shape index (κ3) is 8.50. The van der Waals surface area contributed by atoms with Crippen molar-refractivity contribution in [2.45, 2.75) is 25.4 Å². The number of nitrogens with two attached hydrogens (primary N) is 1. The Bertz CT molecular complexity index is 1120. The van der Waals surface area contributed by atoms with Crippen LogP contribution in [0.5, 0.6) is 5.88 Å². The highest BCUT2D eigenvalue weighted by molar-refractivity contribution is 5.88. The number of benzene rings is 2. The summed E-state index contributed by atoms with van der Waals surface area (Å²) >= 11 is 0. The number of aromatic nitrogens is 2. The number of primary amides is 1. The maximum atomic E-state index is 12.2. The molecule has 0 aliphatic carbocycles. The lowest BCUT2D eigenvalue weighted by molar-refractivity contribution is -0.143. The zero-order valence-corrected chi connectivity index (χ0v) is 20.9. The van der Waals surface area contributed by atoms with Crippen LogP contribution in [0.15, 0.2) is 60.7 Å². The average molecular weight is 520 g/mol. The van der Waals surface area contributed by atoms with Crippen molar-refractivity contribution >= 4 is 11.8 Å². The zero-order valence-electron chi connectivity index (χ0n) is 20.9. The second-order valence-corrected chi connectivity index (χ2v) is 8.60. The molecule has 1 aliphatic rings. The van der Waals surface area contributed by atoms with E-state index in [9.17, 15) is 18.0 Å². The Kier molecular flexibility index (Phi) is 9.93. The number of halogens is 3. The number of urea groups is 1. The minimum absolute atomic E-state index is 0.253. The number of alkyl halides is 3. The fourth-order valence-electron chi connectivity index (χ4n) is 4.08. The van der Waals surface area contributed by atoms with Gasteiger partial charge in [-0.2, -0.15) is 13.2 Å². The molecule has 2 aromatic carbocycles. The Balaban J connectivity index is 0.000000213. The number of carbonyl (C=O) groups is 1. The summed E-state index contributed by atoms with van der Waals surface area (Å²) in [4.78, 5) is 12.7. The van der Waals surface area contributed by atoms with E-state index in [0.29, 0.717) is 43.6 Å². The van der Waals surface area contributed by atoms with Crippen LogP contribution in [0.4, 0.5) is 23.8 Å². The van der Waals surface area contributed by atoms with Gasteiger partial charge in [0.25, 0.3) is 0 Å². The Hall–Kier alpha value is -3.57. The van der Waals surface area contributed by atoms with E-state index in [1.54, 1.807) is 18.7 Å². The number of carbonyl (C=O) groups excluding carboxylic acids is 1. The van der Waals surface area contributed by atoms with Crippen molar-refractivity contribution in [1.82, 2.24) is 14.7 Å². The topological polar surface area (TPSA) is 94.6 Å². The van der Waals surface area contributed by atoms with Crippen molar-refractivity contribution in [3.63, 3.8) is 0 Å². The molecular formula is C26H32F3N5O3. The molecule has 0 bridgehead atoms. The molecule has 1 aliphatic heterocycles. The van der Waals surface area contributed by atoms with Gasteiger partial charge in [-0.15, -0.1) is 5.10 Å². The quantitative estimate of drug-likeness (QED) is 0.420. The number of nitrogens with zero attached hydrogens (tertiary/aromatic N) is 3. The summed E-state index contributed by atoms with van der Waals surface area (Å²) in [6.45, 7) is 2.91. The second kappa shape index (κ2) is 13.1. The first-order chi connectivity index (χ1) is 17.7. The summed E-state index contributed by atoms with van der Waals surface area (Å²) in [5, 5.41) is 6.95. The third-order valence-corrected chi connectivity index (χ3v) is 5.79. The zero-order chi connectivity index (χ0) is 26.8. The van der Waals surface area contributed by atoms with Crippen molar-refractivity contribution in [3.8, 4) is 11.6 Å². The van der Waals surface area contributed by atoms with E-state index in [1.807, 2.05) is 60.7 Å². The number of para-hydroxylation sites is 1. The smallest absolute Gasteiger partial charge is 0.401 e. The van der Waals surface area contributed by atoms with Crippen LogP contribution in [0.25, 0.3) is 5.69 Å². The Morgan fingerprint density at radius 3 is 2.35 bits per heavy atom. The summed E-state index contributed by atoms with van der Waals surface area (Å²) in [6, 6.07) is 18.5. The molecule has 1 atom stereocenters. The van der Waals surface area contributed by atoms with Gasteiger partial charge in [-0.1, -0.05) is 48.5 Å². The van der Waals surface area contributed by atoms with Crippen molar-refractivity contribution in [2.24, 2.45) is 5.73 Å². The lowest BCUT2D eigenvalue weighted by Gasteiger charge is -2.17. The molecule has 0 saturated carbocycles. The Morgan fingerprint density at radius 2 is 1.76 bits per heavy atom. The molecule has 1 saturated heterocycles. The second-order valence-electron chi connectivity index (χ2n) is 8.60. The van der Waals surface area contributed by atoms with Crippen LogP contribution in [-0.4, -0.2) is 66.8 Å². The van der Waals surface area contributed by atoms with Crippen LogP contribution < -0.4 is 15.8 Å². The number of rotatable bonds is 8. The van der Waals surface area contributed by atoms with E-state index in [0.717, 1.165) is 17.7 Å². The highest BCUT2D eigenvalue weighted by Gasteiger charge is 2.34. The summed E-state index contributed by atoms with van der Waals surface area (Å²) in [5.74, 6) is 1.17. The number of methoxy groups -OCH3 is 1. The van der Waals surface area contributed by atoms with Gasteiger partial charge in [0.15, 0.2) is 0 Å². The highest BCUT2D eigenvalue weighted by atomic mass is 19.4.